The normalized spacial score (nSPS) is 11.3. The number of nitrogens with zero attached hydrogens (tertiary/aromatic N) is 4. The molecule has 0 amide bonds. The minimum atomic E-state index is -0.589. The van der Waals surface area contributed by atoms with Crippen LogP contribution in [0.2, 0.25) is 0 Å². The van der Waals surface area contributed by atoms with Crippen molar-refractivity contribution >= 4 is 17.4 Å². The fourth-order valence-electron chi connectivity index (χ4n) is 2.94. The molecule has 28 heavy (non-hydrogen) atoms. The van der Waals surface area contributed by atoms with Crippen LogP contribution < -0.4 is 5.69 Å². The molecule has 0 atom stereocenters. The number of hydrogen-bond donors (Lipinski definition) is 0. The first kappa shape index (κ1) is 18.4. The van der Waals surface area contributed by atoms with E-state index in [0.29, 0.717) is 10.7 Å². The molecular formula is C20H16F2N4OS. The van der Waals surface area contributed by atoms with Gasteiger partial charge in [-0.25, -0.2) is 27.6 Å². The number of halogens is 2. The lowest BCUT2D eigenvalue weighted by molar-refractivity contribution is 0.561. The largest absolute Gasteiger partial charge is 0.350 e. The van der Waals surface area contributed by atoms with Crippen molar-refractivity contribution in [3.63, 3.8) is 0 Å². The topological polar surface area (TPSA) is 52.2 Å². The highest BCUT2D eigenvalue weighted by atomic mass is 32.2. The van der Waals surface area contributed by atoms with Crippen LogP contribution in [0.1, 0.15) is 16.7 Å². The van der Waals surface area contributed by atoms with Crippen LogP contribution in [0.15, 0.2) is 63.5 Å². The van der Waals surface area contributed by atoms with Gasteiger partial charge in [-0.3, -0.25) is 0 Å². The van der Waals surface area contributed by atoms with Gasteiger partial charge in [0.05, 0.1) is 6.54 Å². The van der Waals surface area contributed by atoms with E-state index < -0.39 is 17.3 Å². The Morgan fingerprint density at radius 1 is 1.11 bits per heavy atom. The van der Waals surface area contributed by atoms with Gasteiger partial charge in [-0.1, -0.05) is 29.5 Å². The van der Waals surface area contributed by atoms with E-state index in [1.54, 1.807) is 0 Å². The maximum atomic E-state index is 14.0. The van der Waals surface area contributed by atoms with Gasteiger partial charge < -0.3 is 0 Å². The van der Waals surface area contributed by atoms with E-state index in [2.05, 4.69) is 16.1 Å². The summed E-state index contributed by atoms with van der Waals surface area (Å²) < 4.78 is 29.9. The highest BCUT2D eigenvalue weighted by Crippen LogP contribution is 2.31. The van der Waals surface area contributed by atoms with Crippen molar-refractivity contribution in [3.8, 4) is 0 Å². The molecule has 2 heterocycles. The molecule has 0 N–H and O–H groups in total. The lowest BCUT2D eigenvalue weighted by atomic mass is 10.2. The summed E-state index contributed by atoms with van der Waals surface area (Å²) in [5.41, 5.74) is 2.24. The highest BCUT2D eigenvalue weighted by Gasteiger charge is 2.15. The molecule has 0 unspecified atom stereocenters. The average Bonchev–Trinajstić information content (AvgIpc) is 2.97. The van der Waals surface area contributed by atoms with Gasteiger partial charge in [-0.15, -0.1) is 5.10 Å². The van der Waals surface area contributed by atoms with Gasteiger partial charge in [0.15, 0.2) is 5.65 Å². The van der Waals surface area contributed by atoms with Crippen LogP contribution in [0.3, 0.4) is 0 Å². The second-order valence-electron chi connectivity index (χ2n) is 6.47. The molecule has 0 spiro atoms. The molecule has 0 aliphatic heterocycles. The first-order valence-electron chi connectivity index (χ1n) is 8.55. The molecule has 0 bridgehead atoms. The molecule has 0 radical (unpaired) electrons. The Balaban J connectivity index is 1.75. The van der Waals surface area contributed by atoms with Crippen LogP contribution in [0.5, 0.6) is 0 Å². The standard InChI is InChI=1S/C20H16F2N4OS/c1-12-3-6-17(13(2)9-12)28-19-18-24-26(20(27)25(18)8-7-23-19)11-14-10-15(21)4-5-16(14)22/h3-10H,11H2,1-2H3. The van der Waals surface area contributed by atoms with E-state index in [1.165, 1.54) is 28.6 Å². The summed E-state index contributed by atoms with van der Waals surface area (Å²) in [7, 11) is 0. The van der Waals surface area contributed by atoms with E-state index in [9.17, 15) is 13.6 Å². The zero-order chi connectivity index (χ0) is 19.8. The number of rotatable bonds is 4. The van der Waals surface area contributed by atoms with Gasteiger partial charge in [0, 0.05) is 22.9 Å². The van der Waals surface area contributed by atoms with Gasteiger partial charge in [0.1, 0.15) is 16.7 Å². The molecule has 2 aromatic heterocycles. The highest BCUT2D eigenvalue weighted by molar-refractivity contribution is 7.99. The fraction of sp³-hybridized carbons (Fsp3) is 0.150. The summed E-state index contributed by atoms with van der Waals surface area (Å²) in [4.78, 5) is 18.0. The Bertz CT molecular complexity index is 1250. The van der Waals surface area contributed by atoms with Gasteiger partial charge in [0.2, 0.25) is 0 Å². The summed E-state index contributed by atoms with van der Waals surface area (Å²) in [6.07, 6.45) is 3.03. The second-order valence-corrected chi connectivity index (χ2v) is 7.50. The third-order valence-corrected chi connectivity index (χ3v) is 5.49. The monoisotopic (exact) mass is 398 g/mol. The third-order valence-electron chi connectivity index (χ3n) is 4.33. The maximum absolute atomic E-state index is 14.0. The van der Waals surface area contributed by atoms with Crippen molar-refractivity contribution in [1.29, 1.82) is 0 Å². The van der Waals surface area contributed by atoms with Crippen molar-refractivity contribution < 1.29 is 8.78 Å². The quantitative estimate of drug-likeness (QED) is 0.522. The summed E-state index contributed by atoms with van der Waals surface area (Å²) in [5, 5.41) is 4.88. The zero-order valence-corrected chi connectivity index (χ0v) is 16.0. The smallest absolute Gasteiger partial charge is 0.246 e. The predicted octanol–water partition coefficient (Wildman–Crippen LogP) is 3.99. The van der Waals surface area contributed by atoms with Crippen molar-refractivity contribution in [2.24, 2.45) is 0 Å². The van der Waals surface area contributed by atoms with Crippen LogP contribution in [0, 0.1) is 25.5 Å². The SMILES string of the molecule is Cc1ccc(Sc2nccn3c(=O)n(Cc4cc(F)ccc4F)nc23)c(C)c1. The van der Waals surface area contributed by atoms with E-state index in [1.807, 2.05) is 26.0 Å². The van der Waals surface area contributed by atoms with Crippen LogP contribution in [-0.4, -0.2) is 19.2 Å². The Hall–Kier alpha value is -3.00. The van der Waals surface area contributed by atoms with Crippen molar-refractivity contribution in [1.82, 2.24) is 19.2 Å². The van der Waals surface area contributed by atoms with Gasteiger partial charge in [-0.05, 0) is 43.7 Å². The van der Waals surface area contributed by atoms with Gasteiger partial charge in [-0.2, -0.15) is 0 Å². The fourth-order valence-corrected chi connectivity index (χ4v) is 3.85. The van der Waals surface area contributed by atoms with Crippen molar-refractivity contribution in [2.45, 2.75) is 30.3 Å². The summed E-state index contributed by atoms with van der Waals surface area (Å²) in [5.74, 6) is -1.16. The van der Waals surface area contributed by atoms with Gasteiger partial charge >= 0.3 is 5.69 Å². The number of aryl methyl sites for hydroxylation is 2. The predicted molar refractivity (Wildman–Crippen MR) is 103 cm³/mol. The Kier molecular flexibility index (Phi) is 4.72. The van der Waals surface area contributed by atoms with Crippen molar-refractivity contribution in [3.05, 3.63) is 87.6 Å². The first-order chi connectivity index (χ1) is 13.4. The molecule has 4 rings (SSSR count). The van der Waals surface area contributed by atoms with Crippen LogP contribution >= 0.6 is 11.8 Å². The lowest BCUT2D eigenvalue weighted by Gasteiger charge is -2.06. The number of hydrogen-bond acceptors (Lipinski definition) is 4. The molecule has 4 aromatic rings. The maximum Gasteiger partial charge on any atom is 0.350 e. The zero-order valence-electron chi connectivity index (χ0n) is 15.2. The Morgan fingerprint density at radius 2 is 1.93 bits per heavy atom. The van der Waals surface area contributed by atoms with E-state index in [0.717, 1.165) is 38.9 Å². The van der Waals surface area contributed by atoms with E-state index in [-0.39, 0.29) is 12.1 Å². The van der Waals surface area contributed by atoms with Gasteiger partial charge in [0.25, 0.3) is 0 Å². The first-order valence-corrected chi connectivity index (χ1v) is 9.37. The molecular weight excluding hydrogens is 382 g/mol. The van der Waals surface area contributed by atoms with Crippen LogP contribution in [0.4, 0.5) is 8.78 Å². The number of fused-ring (bicyclic) bond motifs is 1. The second kappa shape index (κ2) is 7.20. The number of benzene rings is 2. The van der Waals surface area contributed by atoms with E-state index >= 15 is 0 Å². The van der Waals surface area contributed by atoms with Crippen LogP contribution in [-0.2, 0) is 6.54 Å². The molecule has 0 aliphatic carbocycles. The van der Waals surface area contributed by atoms with Crippen molar-refractivity contribution in [2.75, 3.05) is 0 Å². The van der Waals surface area contributed by atoms with Crippen LogP contribution in [0.25, 0.3) is 5.65 Å². The minimum absolute atomic E-state index is 0.0575. The molecule has 0 saturated heterocycles. The molecule has 5 nitrogen and oxygen atoms in total. The molecule has 142 valence electrons. The summed E-state index contributed by atoms with van der Waals surface area (Å²) in [6, 6.07) is 9.21. The summed E-state index contributed by atoms with van der Waals surface area (Å²) in [6.45, 7) is 3.86. The number of aromatic nitrogens is 4. The third kappa shape index (κ3) is 3.43. The molecule has 2 aromatic carbocycles. The molecule has 0 fully saturated rings. The van der Waals surface area contributed by atoms with E-state index in [4.69, 9.17) is 0 Å². The molecule has 8 heteroatoms. The Labute approximate surface area is 163 Å². The lowest BCUT2D eigenvalue weighted by Crippen LogP contribution is -2.22. The molecule has 0 aliphatic rings. The average molecular weight is 398 g/mol. The molecule has 0 saturated carbocycles. The minimum Gasteiger partial charge on any atom is -0.246 e. The summed E-state index contributed by atoms with van der Waals surface area (Å²) >= 11 is 1.41. The Morgan fingerprint density at radius 3 is 2.71 bits per heavy atom.